The number of Topliss-reactive ketones (excluding diaryl/α,β-unsaturated/α-hetero) is 1. The number of carbonyl (C=O) groups excluding carboxylic acids is 2. The second-order valence-corrected chi connectivity index (χ2v) is 7.63. The molecule has 0 unspecified atom stereocenters. The van der Waals surface area contributed by atoms with Crippen LogP contribution in [0.2, 0.25) is 5.02 Å². The first-order valence-electron chi connectivity index (χ1n) is 8.25. The van der Waals surface area contributed by atoms with Gasteiger partial charge in [0.1, 0.15) is 0 Å². The molecular weight excluding hydrogens is 368 g/mol. The van der Waals surface area contributed by atoms with Crippen LogP contribution < -0.4 is 5.32 Å². The molecule has 6 heteroatoms. The zero-order valence-corrected chi connectivity index (χ0v) is 15.3. The average molecular weight is 383 g/mol. The smallest absolute Gasteiger partial charge is 0.257 e. The van der Waals surface area contributed by atoms with Crippen molar-refractivity contribution in [1.82, 2.24) is 4.98 Å². The molecule has 0 saturated heterocycles. The van der Waals surface area contributed by atoms with Gasteiger partial charge >= 0.3 is 0 Å². The molecule has 1 heterocycles. The van der Waals surface area contributed by atoms with Crippen LogP contribution in [0.4, 0.5) is 5.13 Å². The molecule has 2 aromatic carbocycles. The molecule has 0 bridgehead atoms. The number of benzene rings is 2. The van der Waals surface area contributed by atoms with Crippen molar-refractivity contribution in [2.75, 3.05) is 5.32 Å². The van der Waals surface area contributed by atoms with Crippen LogP contribution >= 0.6 is 22.9 Å². The number of thiazole rings is 1. The van der Waals surface area contributed by atoms with Crippen LogP contribution in [0.5, 0.6) is 0 Å². The third kappa shape index (κ3) is 3.41. The molecule has 1 aliphatic carbocycles. The number of ketones is 1. The number of nitrogens with one attached hydrogen (secondary N) is 1. The molecule has 0 aliphatic heterocycles. The molecule has 4 rings (SSSR count). The standard InChI is InChI=1S/C20H15ClN2O2S/c21-15-8-4-7-13(9-15)19(25)23-20-22-16-10-14(11-17(24)18(16)26-20)12-5-2-1-3-6-12/h1-9,14H,10-11H2,(H,22,23,25)/t14-/m0/s1. The Balaban J connectivity index is 1.55. The predicted octanol–water partition coefficient (Wildman–Crippen LogP) is 4.96. The van der Waals surface area contributed by atoms with Crippen LogP contribution in [0.1, 0.15) is 43.6 Å². The van der Waals surface area contributed by atoms with E-state index in [-0.39, 0.29) is 17.6 Å². The summed E-state index contributed by atoms with van der Waals surface area (Å²) in [5.74, 6) is -0.0682. The van der Waals surface area contributed by atoms with Gasteiger partial charge in [-0.05, 0) is 36.1 Å². The number of halogens is 1. The van der Waals surface area contributed by atoms with E-state index in [1.54, 1.807) is 24.3 Å². The van der Waals surface area contributed by atoms with Gasteiger partial charge in [-0.15, -0.1) is 0 Å². The van der Waals surface area contributed by atoms with Crippen LogP contribution in [0.3, 0.4) is 0 Å². The molecule has 0 saturated carbocycles. The summed E-state index contributed by atoms with van der Waals surface area (Å²) < 4.78 is 0. The minimum absolute atomic E-state index is 0.0841. The average Bonchev–Trinajstić information content (AvgIpc) is 3.05. The first-order valence-corrected chi connectivity index (χ1v) is 9.44. The number of fused-ring (bicyclic) bond motifs is 1. The van der Waals surface area contributed by atoms with Gasteiger partial charge in [-0.2, -0.15) is 0 Å². The third-order valence-electron chi connectivity index (χ3n) is 4.40. The molecule has 1 aliphatic rings. The molecule has 1 atom stereocenters. The van der Waals surface area contributed by atoms with Crippen molar-refractivity contribution in [3.05, 3.63) is 81.3 Å². The molecule has 0 fully saturated rings. The second kappa shape index (κ2) is 7.02. The summed E-state index contributed by atoms with van der Waals surface area (Å²) in [6, 6.07) is 16.7. The van der Waals surface area contributed by atoms with Crippen LogP contribution in [-0.2, 0) is 6.42 Å². The van der Waals surface area contributed by atoms with Crippen molar-refractivity contribution in [3.8, 4) is 0 Å². The number of nitrogens with zero attached hydrogens (tertiary/aromatic N) is 1. The van der Waals surface area contributed by atoms with Gasteiger partial charge in [-0.3, -0.25) is 14.9 Å². The minimum atomic E-state index is -0.286. The Kier molecular flexibility index (Phi) is 4.57. The van der Waals surface area contributed by atoms with Gasteiger partial charge in [0.05, 0.1) is 10.6 Å². The van der Waals surface area contributed by atoms with E-state index in [1.165, 1.54) is 11.3 Å². The molecule has 0 spiro atoms. The number of carbonyl (C=O) groups is 2. The lowest BCUT2D eigenvalue weighted by atomic mass is 9.85. The van der Waals surface area contributed by atoms with Gasteiger partial charge in [-0.1, -0.05) is 59.3 Å². The van der Waals surface area contributed by atoms with E-state index in [9.17, 15) is 9.59 Å². The minimum Gasteiger partial charge on any atom is -0.298 e. The summed E-state index contributed by atoms with van der Waals surface area (Å²) in [4.78, 5) is 30.0. The molecule has 0 radical (unpaired) electrons. The number of rotatable bonds is 3. The molecule has 26 heavy (non-hydrogen) atoms. The van der Waals surface area contributed by atoms with E-state index in [4.69, 9.17) is 11.6 Å². The number of aromatic nitrogens is 1. The van der Waals surface area contributed by atoms with Gasteiger partial charge in [-0.25, -0.2) is 4.98 Å². The summed E-state index contributed by atoms with van der Waals surface area (Å²) in [7, 11) is 0. The van der Waals surface area contributed by atoms with E-state index in [0.717, 1.165) is 11.3 Å². The molecule has 3 aromatic rings. The fourth-order valence-corrected chi connectivity index (χ4v) is 4.27. The van der Waals surface area contributed by atoms with E-state index in [1.807, 2.05) is 30.3 Å². The lowest BCUT2D eigenvalue weighted by Gasteiger charge is -2.20. The van der Waals surface area contributed by atoms with Gasteiger partial charge < -0.3 is 0 Å². The topological polar surface area (TPSA) is 59.1 Å². The SMILES string of the molecule is O=C(Nc1nc2c(s1)C(=O)C[C@@H](c1ccccc1)C2)c1cccc(Cl)c1. The van der Waals surface area contributed by atoms with Gasteiger partial charge in [0, 0.05) is 17.0 Å². The van der Waals surface area contributed by atoms with Crippen molar-refractivity contribution < 1.29 is 9.59 Å². The highest BCUT2D eigenvalue weighted by Crippen LogP contribution is 2.36. The predicted molar refractivity (Wildman–Crippen MR) is 103 cm³/mol. The summed E-state index contributed by atoms with van der Waals surface area (Å²) in [6.45, 7) is 0. The van der Waals surface area contributed by atoms with Crippen molar-refractivity contribution in [2.24, 2.45) is 0 Å². The maximum Gasteiger partial charge on any atom is 0.257 e. The largest absolute Gasteiger partial charge is 0.298 e. The van der Waals surface area contributed by atoms with Crippen molar-refractivity contribution in [2.45, 2.75) is 18.8 Å². The Morgan fingerprint density at radius 1 is 1.12 bits per heavy atom. The molecule has 1 aromatic heterocycles. The Labute approximate surface area is 159 Å². The van der Waals surface area contributed by atoms with Crippen molar-refractivity contribution in [3.63, 3.8) is 0 Å². The maximum atomic E-state index is 12.5. The Morgan fingerprint density at radius 3 is 2.69 bits per heavy atom. The first kappa shape index (κ1) is 16.9. The maximum absolute atomic E-state index is 12.5. The third-order valence-corrected chi connectivity index (χ3v) is 5.69. The van der Waals surface area contributed by atoms with Crippen LogP contribution in [-0.4, -0.2) is 16.7 Å². The fraction of sp³-hybridized carbons (Fsp3) is 0.150. The molecule has 130 valence electrons. The quantitative estimate of drug-likeness (QED) is 0.696. The van der Waals surface area contributed by atoms with Crippen LogP contribution in [0.25, 0.3) is 0 Å². The van der Waals surface area contributed by atoms with Crippen molar-refractivity contribution >= 4 is 39.8 Å². The van der Waals surface area contributed by atoms with E-state index in [2.05, 4.69) is 10.3 Å². The van der Waals surface area contributed by atoms with Crippen molar-refractivity contribution in [1.29, 1.82) is 0 Å². The zero-order valence-electron chi connectivity index (χ0n) is 13.7. The van der Waals surface area contributed by atoms with Gasteiger partial charge in [0.15, 0.2) is 10.9 Å². The Hall–Kier alpha value is -2.50. The summed E-state index contributed by atoms with van der Waals surface area (Å²) in [6.07, 6.45) is 1.18. The monoisotopic (exact) mass is 382 g/mol. The summed E-state index contributed by atoms with van der Waals surface area (Å²) in [5.41, 5.74) is 2.37. The highest BCUT2D eigenvalue weighted by Gasteiger charge is 2.30. The number of amides is 1. The first-order chi connectivity index (χ1) is 12.6. The Morgan fingerprint density at radius 2 is 1.92 bits per heavy atom. The van der Waals surface area contributed by atoms with Crippen LogP contribution in [0, 0.1) is 0 Å². The van der Waals surface area contributed by atoms with E-state index >= 15 is 0 Å². The van der Waals surface area contributed by atoms with E-state index in [0.29, 0.717) is 33.4 Å². The number of anilines is 1. The van der Waals surface area contributed by atoms with Gasteiger partial charge in [0.25, 0.3) is 5.91 Å². The Bertz CT molecular complexity index is 984. The zero-order chi connectivity index (χ0) is 18.1. The highest BCUT2D eigenvalue weighted by molar-refractivity contribution is 7.17. The van der Waals surface area contributed by atoms with E-state index < -0.39 is 0 Å². The van der Waals surface area contributed by atoms with Crippen LogP contribution in [0.15, 0.2) is 54.6 Å². The number of hydrogen-bond donors (Lipinski definition) is 1. The summed E-state index contributed by atoms with van der Waals surface area (Å²) >= 11 is 7.17. The fourth-order valence-electron chi connectivity index (χ4n) is 3.14. The molecular formula is C20H15ClN2O2S. The molecule has 1 amide bonds. The van der Waals surface area contributed by atoms with Gasteiger partial charge in [0.2, 0.25) is 0 Å². The number of hydrogen-bond acceptors (Lipinski definition) is 4. The highest BCUT2D eigenvalue weighted by atomic mass is 35.5. The normalized spacial score (nSPS) is 16.2. The lowest BCUT2D eigenvalue weighted by molar-refractivity contribution is 0.0967. The lowest BCUT2D eigenvalue weighted by Crippen LogP contribution is -2.17. The molecule has 4 nitrogen and oxygen atoms in total. The molecule has 1 N–H and O–H groups in total. The summed E-state index contributed by atoms with van der Waals surface area (Å²) in [5, 5.41) is 3.72. The second-order valence-electron chi connectivity index (χ2n) is 6.20.